The van der Waals surface area contributed by atoms with Gasteiger partial charge in [-0.2, -0.15) is 5.10 Å². The average molecular weight is 247 g/mol. The molecule has 1 heterocycles. The molecular formula is C13H17N3S. The second-order valence-electron chi connectivity index (χ2n) is 4.00. The van der Waals surface area contributed by atoms with E-state index in [-0.39, 0.29) is 0 Å². The first kappa shape index (κ1) is 12.0. The van der Waals surface area contributed by atoms with Crippen molar-refractivity contribution < 1.29 is 0 Å². The molecule has 90 valence electrons. The van der Waals surface area contributed by atoms with Crippen molar-refractivity contribution >= 4 is 17.6 Å². The van der Waals surface area contributed by atoms with E-state index in [0.717, 1.165) is 18.1 Å². The number of nitrogens with zero attached hydrogens (tertiary/aromatic N) is 2. The number of aryl methyl sites for hydroxylation is 2. The van der Waals surface area contributed by atoms with Crippen molar-refractivity contribution in [3.63, 3.8) is 0 Å². The minimum atomic E-state index is 0.811. The van der Waals surface area contributed by atoms with E-state index in [2.05, 4.69) is 47.0 Å². The van der Waals surface area contributed by atoms with Gasteiger partial charge in [-0.3, -0.25) is 4.68 Å². The van der Waals surface area contributed by atoms with Gasteiger partial charge in [0.25, 0.3) is 0 Å². The SMILES string of the molecule is CSc1ccc(CNc2cc(C)n(C)n2)cc1. The standard InChI is InChI=1S/C13H17N3S/c1-10-8-13(15-16(10)2)14-9-11-4-6-12(17-3)7-5-11/h4-8H,9H2,1-3H3,(H,14,15). The fourth-order valence-corrected chi connectivity index (χ4v) is 1.99. The van der Waals surface area contributed by atoms with E-state index < -0.39 is 0 Å². The molecule has 1 aromatic carbocycles. The molecular weight excluding hydrogens is 230 g/mol. The quantitative estimate of drug-likeness (QED) is 0.842. The van der Waals surface area contributed by atoms with Crippen molar-refractivity contribution in [2.75, 3.05) is 11.6 Å². The predicted molar refractivity (Wildman–Crippen MR) is 73.5 cm³/mol. The molecule has 0 saturated heterocycles. The maximum absolute atomic E-state index is 4.36. The lowest BCUT2D eigenvalue weighted by Gasteiger charge is -2.03. The van der Waals surface area contributed by atoms with E-state index >= 15 is 0 Å². The van der Waals surface area contributed by atoms with E-state index in [1.165, 1.54) is 10.5 Å². The summed E-state index contributed by atoms with van der Waals surface area (Å²) in [6, 6.07) is 10.6. The van der Waals surface area contributed by atoms with Gasteiger partial charge in [0, 0.05) is 30.2 Å². The van der Waals surface area contributed by atoms with Gasteiger partial charge in [0.1, 0.15) is 5.82 Å². The van der Waals surface area contributed by atoms with Crippen molar-refractivity contribution in [3.8, 4) is 0 Å². The monoisotopic (exact) mass is 247 g/mol. The summed E-state index contributed by atoms with van der Waals surface area (Å²) in [4.78, 5) is 1.29. The van der Waals surface area contributed by atoms with Crippen LogP contribution in [0.3, 0.4) is 0 Å². The van der Waals surface area contributed by atoms with Gasteiger partial charge in [0.05, 0.1) is 0 Å². The topological polar surface area (TPSA) is 29.9 Å². The van der Waals surface area contributed by atoms with Gasteiger partial charge in [-0.25, -0.2) is 0 Å². The van der Waals surface area contributed by atoms with Crippen LogP contribution in [0.2, 0.25) is 0 Å². The van der Waals surface area contributed by atoms with Crippen molar-refractivity contribution in [1.82, 2.24) is 9.78 Å². The Morgan fingerprint density at radius 1 is 1.29 bits per heavy atom. The molecule has 0 radical (unpaired) electrons. The minimum Gasteiger partial charge on any atom is -0.365 e. The van der Waals surface area contributed by atoms with Crippen LogP contribution in [-0.2, 0) is 13.6 Å². The maximum Gasteiger partial charge on any atom is 0.148 e. The molecule has 0 saturated carbocycles. The number of anilines is 1. The van der Waals surface area contributed by atoms with Gasteiger partial charge in [0.2, 0.25) is 0 Å². The molecule has 0 amide bonds. The Balaban J connectivity index is 1.97. The molecule has 3 nitrogen and oxygen atoms in total. The zero-order valence-corrected chi connectivity index (χ0v) is 11.2. The fourth-order valence-electron chi connectivity index (χ4n) is 1.58. The molecule has 0 aliphatic heterocycles. The summed E-state index contributed by atoms with van der Waals surface area (Å²) in [5.41, 5.74) is 2.43. The first-order valence-electron chi connectivity index (χ1n) is 5.56. The minimum absolute atomic E-state index is 0.811. The van der Waals surface area contributed by atoms with Crippen LogP contribution in [0.25, 0.3) is 0 Å². The first-order valence-corrected chi connectivity index (χ1v) is 6.79. The molecule has 0 fully saturated rings. The molecule has 0 unspecified atom stereocenters. The molecule has 0 aliphatic rings. The molecule has 1 N–H and O–H groups in total. The van der Waals surface area contributed by atoms with E-state index in [1.54, 1.807) is 11.8 Å². The molecule has 4 heteroatoms. The third-order valence-electron chi connectivity index (χ3n) is 2.75. The summed E-state index contributed by atoms with van der Waals surface area (Å²) in [5, 5.41) is 7.68. The van der Waals surface area contributed by atoms with Crippen LogP contribution in [0.4, 0.5) is 5.82 Å². The number of nitrogens with one attached hydrogen (secondary N) is 1. The normalized spacial score (nSPS) is 10.5. The highest BCUT2D eigenvalue weighted by atomic mass is 32.2. The molecule has 0 atom stereocenters. The Labute approximate surface area is 106 Å². The number of aromatic nitrogens is 2. The smallest absolute Gasteiger partial charge is 0.148 e. The van der Waals surface area contributed by atoms with E-state index in [0.29, 0.717) is 0 Å². The highest BCUT2D eigenvalue weighted by Gasteiger charge is 2.00. The maximum atomic E-state index is 4.36. The molecule has 1 aromatic heterocycles. The number of hydrogen-bond acceptors (Lipinski definition) is 3. The summed E-state index contributed by atoms with van der Waals surface area (Å²) >= 11 is 1.76. The summed E-state index contributed by atoms with van der Waals surface area (Å²) in [5.74, 6) is 0.930. The van der Waals surface area contributed by atoms with E-state index in [9.17, 15) is 0 Å². The van der Waals surface area contributed by atoms with Crippen molar-refractivity contribution in [2.45, 2.75) is 18.4 Å². The molecule has 0 spiro atoms. The number of hydrogen-bond donors (Lipinski definition) is 1. The summed E-state index contributed by atoms with van der Waals surface area (Å²) in [6.45, 7) is 2.86. The third kappa shape index (κ3) is 3.03. The largest absolute Gasteiger partial charge is 0.365 e. The molecule has 2 rings (SSSR count). The second kappa shape index (κ2) is 5.27. The van der Waals surface area contributed by atoms with Crippen LogP contribution in [0.1, 0.15) is 11.3 Å². The van der Waals surface area contributed by atoms with Crippen molar-refractivity contribution in [2.24, 2.45) is 7.05 Å². The third-order valence-corrected chi connectivity index (χ3v) is 3.49. The van der Waals surface area contributed by atoms with Gasteiger partial charge in [-0.1, -0.05) is 12.1 Å². The Morgan fingerprint density at radius 2 is 2.00 bits per heavy atom. The number of benzene rings is 1. The fraction of sp³-hybridized carbons (Fsp3) is 0.308. The first-order chi connectivity index (χ1) is 8.19. The van der Waals surface area contributed by atoms with Crippen molar-refractivity contribution in [1.29, 1.82) is 0 Å². The van der Waals surface area contributed by atoms with Gasteiger partial charge >= 0.3 is 0 Å². The molecule has 0 bridgehead atoms. The van der Waals surface area contributed by atoms with Gasteiger partial charge in [0.15, 0.2) is 0 Å². The molecule has 2 aromatic rings. The molecule has 17 heavy (non-hydrogen) atoms. The van der Waals surface area contributed by atoms with Crippen LogP contribution >= 0.6 is 11.8 Å². The summed E-state index contributed by atoms with van der Waals surface area (Å²) in [6.07, 6.45) is 2.09. The Hall–Kier alpha value is -1.42. The molecule has 0 aliphatic carbocycles. The lowest BCUT2D eigenvalue weighted by molar-refractivity contribution is 0.741. The Kier molecular flexibility index (Phi) is 3.74. The van der Waals surface area contributed by atoms with Crippen LogP contribution < -0.4 is 5.32 Å². The van der Waals surface area contributed by atoms with Crippen LogP contribution in [0.5, 0.6) is 0 Å². The van der Waals surface area contributed by atoms with Gasteiger partial charge in [-0.15, -0.1) is 11.8 Å². The zero-order valence-electron chi connectivity index (χ0n) is 10.4. The summed E-state index contributed by atoms with van der Waals surface area (Å²) in [7, 11) is 1.95. The van der Waals surface area contributed by atoms with Gasteiger partial charge in [-0.05, 0) is 30.9 Å². The highest BCUT2D eigenvalue weighted by Crippen LogP contribution is 2.15. The highest BCUT2D eigenvalue weighted by molar-refractivity contribution is 7.98. The Morgan fingerprint density at radius 3 is 2.53 bits per heavy atom. The number of thioether (sulfide) groups is 1. The lowest BCUT2D eigenvalue weighted by Crippen LogP contribution is -2.00. The predicted octanol–water partition coefficient (Wildman–Crippen LogP) is 3.06. The Bertz CT molecular complexity index is 468. The van der Waals surface area contributed by atoms with E-state index in [4.69, 9.17) is 0 Å². The van der Waals surface area contributed by atoms with Crippen molar-refractivity contribution in [3.05, 3.63) is 41.6 Å². The lowest BCUT2D eigenvalue weighted by atomic mass is 10.2. The van der Waals surface area contributed by atoms with Crippen LogP contribution in [0.15, 0.2) is 35.2 Å². The van der Waals surface area contributed by atoms with Crippen LogP contribution in [-0.4, -0.2) is 16.0 Å². The second-order valence-corrected chi connectivity index (χ2v) is 4.88. The zero-order chi connectivity index (χ0) is 12.3. The van der Waals surface area contributed by atoms with E-state index in [1.807, 2.05) is 18.7 Å². The van der Waals surface area contributed by atoms with Crippen LogP contribution in [0, 0.1) is 6.92 Å². The average Bonchev–Trinajstić information content (AvgIpc) is 2.67. The summed E-state index contributed by atoms with van der Waals surface area (Å²) < 4.78 is 1.87. The number of rotatable bonds is 4. The van der Waals surface area contributed by atoms with Gasteiger partial charge < -0.3 is 5.32 Å².